The summed E-state index contributed by atoms with van der Waals surface area (Å²) < 4.78 is 0. The number of hydrogen-bond acceptors (Lipinski definition) is 1. The molecule has 2 nitrogen and oxygen atoms in total. The molecule has 0 aliphatic heterocycles. The monoisotopic (exact) mass is 224 g/mol. The summed E-state index contributed by atoms with van der Waals surface area (Å²) in [5, 5.41) is 8.94. The molecule has 0 aliphatic rings. The van der Waals surface area contributed by atoms with E-state index in [0.29, 0.717) is 12.0 Å². The van der Waals surface area contributed by atoms with Gasteiger partial charge < -0.3 is 5.11 Å². The molecule has 2 heteroatoms. The van der Waals surface area contributed by atoms with Gasteiger partial charge in [0.05, 0.1) is 0 Å². The van der Waals surface area contributed by atoms with Gasteiger partial charge in [-0.3, -0.25) is 0 Å². The van der Waals surface area contributed by atoms with Crippen LogP contribution in [0.2, 0.25) is 0 Å². The Labute approximate surface area is 99.1 Å². The minimum atomic E-state index is -0.786. The lowest BCUT2D eigenvalue weighted by atomic mass is 10.1. The van der Waals surface area contributed by atoms with E-state index in [1.54, 1.807) is 6.08 Å². The first kappa shape index (κ1) is 14.9. The molecule has 0 radical (unpaired) electrons. The predicted molar refractivity (Wildman–Crippen MR) is 68.5 cm³/mol. The molecule has 92 valence electrons. The molecular formula is C14H24O2. The maximum atomic E-state index is 10.9. The highest BCUT2D eigenvalue weighted by Gasteiger charge is 2.04. The second kappa shape index (κ2) is 10.5. The third-order valence-electron chi connectivity index (χ3n) is 2.48. The van der Waals surface area contributed by atoms with Crippen LogP contribution in [0, 0.1) is 0 Å². The summed E-state index contributed by atoms with van der Waals surface area (Å²) in [5.41, 5.74) is 0.522. The number of carboxylic acids is 1. The van der Waals surface area contributed by atoms with Crippen molar-refractivity contribution in [1.82, 2.24) is 0 Å². The lowest BCUT2D eigenvalue weighted by Crippen LogP contribution is -1.99. The van der Waals surface area contributed by atoms with Crippen molar-refractivity contribution in [2.75, 3.05) is 0 Å². The second-order valence-corrected chi connectivity index (χ2v) is 4.02. The first-order valence-electron chi connectivity index (χ1n) is 6.31. The molecule has 0 atom stereocenters. The van der Waals surface area contributed by atoms with E-state index in [4.69, 9.17) is 5.11 Å². The van der Waals surface area contributed by atoms with Gasteiger partial charge >= 0.3 is 5.97 Å². The van der Waals surface area contributed by atoms with Crippen LogP contribution in [0.1, 0.15) is 58.8 Å². The van der Waals surface area contributed by atoms with E-state index in [9.17, 15) is 4.79 Å². The number of unbranched alkanes of at least 4 members (excludes halogenated alkanes) is 4. The van der Waals surface area contributed by atoms with Crippen molar-refractivity contribution in [3.05, 3.63) is 23.8 Å². The summed E-state index contributed by atoms with van der Waals surface area (Å²) in [5.74, 6) is -0.786. The molecule has 0 amide bonds. The number of allylic oxidation sites excluding steroid dienone is 3. The Hall–Kier alpha value is -1.05. The zero-order valence-corrected chi connectivity index (χ0v) is 10.5. The van der Waals surface area contributed by atoms with Crippen LogP contribution >= 0.6 is 0 Å². The fourth-order valence-electron chi connectivity index (χ4n) is 1.42. The second-order valence-electron chi connectivity index (χ2n) is 4.02. The third-order valence-corrected chi connectivity index (χ3v) is 2.48. The molecule has 0 saturated heterocycles. The van der Waals surface area contributed by atoms with Crippen LogP contribution in [0.5, 0.6) is 0 Å². The molecule has 0 fully saturated rings. The summed E-state index contributed by atoms with van der Waals surface area (Å²) in [6.07, 6.45) is 13.0. The Bertz CT molecular complexity index is 239. The van der Waals surface area contributed by atoms with E-state index in [1.165, 1.54) is 19.3 Å². The highest BCUT2D eigenvalue weighted by atomic mass is 16.4. The van der Waals surface area contributed by atoms with Crippen LogP contribution in [-0.4, -0.2) is 11.1 Å². The van der Waals surface area contributed by atoms with Gasteiger partial charge in [-0.2, -0.15) is 0 Å². The standard InChI is InChI=1S/C14H24O2/c1-3-5-7-8-9-10-12-13(14(15)16)11-6-4-2/h9-10,12H,3-8,11H2,1-2H3,(H,15,16). The molecule has 0 bridgehead atoms. The topological polar surface area (TPSA) is 37.3 Å². The predicted octanol–water partition coefficient (Wildman–Crippen LogP) is 4.32. The van der Waals surface area contributed by atoms with E-state index in [0.717, 1.165) is 19.3 Å². The number of hydrogen-bond donors (Lipinski definition) is 1. The van der Waals surface area contributed by atoms with Crippen molar-refractivity contribution in [3.63, 3.8) is 0 Å². The average Bonchev–Trinajstić information content (AvgIpc) is 2.26. The van der Waals surface area contributed by atoms with Crippen molar-refractivity contribution in [1.29, 1.82) is 0 Å². The van der Waals surface area contributed by atoms with Crippen LogP contribution in [0.3, 0.4) is 0 Å². The minimum absolute atomic E-state index is 0.522. The molecule has 0 aromatic carbocycles. The highest BCUT2D eigenvalue weighted by Crippen LogP contribution is 2.08. The average molecular weight is 224 g/mol. The first-order chi connectivity index (χ1) is 7.72. The van der Waals surface area contributed by atoms with Crippen molar-refractivity contribution < 1.29 is 9.90 Å². The molecule has 0 aromatic rings. The van der Waals surface area contributed by atoms with Crippen molar-refractivity contribution >= 4 is 5.97 Å². The fourth-order valence-corrected chi connectivity index (χ4v) is 1.42. The Balaban J connectivity index is 3.97. The normalized spacial score (nSPS) is 12.2. The summed E-state index contributed by atoms with van der Waals surface area (Å²) >= 11 is 0. The lowest BCUT2D eigenvalue weighted by molar-refractivity contribution is -0.132. The number of aliphatic carboxylic acids is 1. The van der Waals surface area contributed by atoms with Gasteiger partial charge in [0, 0.05) is 5.57 Å². The fraction of sp³-hybridized carbons (Fsp3) is 0.643. The molecule has 0 heterocycles. The van der Waals surface area contributed by atoms with Crippen LogP contribution < -0.4 is 0 Å². The zero-order valence-electron chi connectivity index (χ0n) is 10.5. The number of carboxylic acid groups (broad SMARTS) is 1. The SMILES string of the molecule is CCCCCC=CC=C(CCCC)C(=O)O. The van der Waals surface area contributed by atoms with Crippen LogP contribution in [0.15, 0.2) is 23.8 Å². The van der Waals surface area contributed by atoms with Crippen LogP contribution in [0.4, 0.5) is 0 Å². The molecule has 1 N–H and O–H groups in total. The molecule has 0 aromatic heterocycles. The van der Waals surface area contributed by atoms with Gasteiger partial charge in [0.25, 0.3) is 0 Å². The Morgan fingerprint density at radius 3 is 2.38 bits per heavy atom. The molecule has 0 aliphatic carbocycles. The Kier molecular flexibility index (Phi) is 9.78. The molecule has 0 saturated carbocycles. The van der Waals surface area contributed by atoms with Gasteiger partial charge in [0.1, 0.15) is 0 Å². The Morgan fingerprint density at radius 2 is 1.81 bits per heavy atom. The van der Waals surface area contributed by atoms with Crippen LogP contribution in [0.25, 0.3) is 0 Å². The van der Waals surface area contributed by atoms with E-state index < -0.39 is 5.97 Å². The van der Waals surface area contributed by atoms with Gasteiger partial charge in [-0.1, -0.05) is 51.3 Å². The maximum Gasteiger partial charge on any atom is 0.331 e. The van der Waals surface area contributed by atoms with Crippen molar-refractivity contribution in [2.24, 2.45) is 0 Å². The number of rotatable bonds is 9. The quantitative estimate of drug-likeness (QED) is 0.359. The number of carbonyl (C=O) groups is 1. The van der Waals surface area contributed by atoms with Gasteiger partial charge in [-0.15, -0.1) is 0 Å². The third kappa shape index (κ3) is 8.27. The van der Waals surface area contributed by atoms with E-state index in [2.05, 4.69) is 19.9 Å². The first-order valence-corrected chi connectivity index (χ1v) is 6.31. The van der Waals surface area contributed by atoms with Gasteiger partial charge in [-0.25, -0.2) is 4.79 Å². The largest absolute Gasteiger partial charge is 0.478 e. The van der Waals surface area contributed by atoms with Crippen LogP contribution in [-0.2, 0) is 4.79 Å². The van der Waals surface area contributed by atoms with E-state index >= 15 is 0 Å². The zero-order chi connectivity index (χ0) is 12.2. The molecule has 0 rings (SSSR count). The van der Waals surface area contributed by atoms with Gasteiger partial charge in [0.15, 0.2) is 0 Å². The summed E-state index contributed by atoms with van der Waals surface area (Å²) in [6.45, 7) is 4.25. The van der Waals surface area contributed by atoms with Crippen molar-refractivity contribution in [3.8, 4) is 0 Å². The summed E-state index contributed by atoms with van der Waals surface area (Å²) in [4.78, 5) is 10.9. The van der Waals surface area contributed by atoms with Crippen molar-refractivity contribution in [2.45, 2.75) is 58.8 Å². The smallest absolute Gasteiger partial charge is 0.331 e. The minimum Gasteiger partial charge on any atom is -0.478 e. The lowest BCUT2D eigenvalue weighted by Gasteiger charge is -1.98. The molecule has 16 heavy (non-hydrogen) atoms. The van der Waals surface area contributed by atoms with Gasteiger partial charge in [-0.05, 0) is 25.7 Å². The molecular weight excluding hydrogens is 200 g/mol. The van der Waals surface area contributed by atoms with E-state index in [-0.39, 0.29) is 0 Å². The molecule has 0 unspecified atom stereocenters. The highest BCUT2D eigenvalue weighted by molar-refractivity contribution is 5.86. The summed E-state index contributed by atoms with van der Waals surface area (Å²) in [7, 11) is 0. The Morgan fingerprint density at radius 1 is 1.12 bits per heavy atom. The molecule has 0 spiro atoms. The maximum absolute atomic E-state index is 10.9. The van der Waals surface area contributed by atoms with E-state index in [1.807, 2.05) is 6.08 Å². The summed E-state index contributed by atoms with van der Waals surface area (Å²) in [6, 6.07) is 0. The van der Waals surface area contributed by atoms with Gasteiger partial charge in [0.2, 0.25) is 0 Å².